The topological polar surface area (TPSA) is 47.0 Å². The highest BCUT2D eigenvalue weighted by Crippen LogP contribution is 2.31. The van der Waals surface area contributed by atoms with Gasteiger partial charge in [-0.1, -0.05) is 0 Å². The van der Waals surface area contributed by atoms with Gasteiger partial charge in [-0.05, 0) is 39.3 Å². The van der Waals surface area contributed by atoms with Gasteiger partial charge in [-0.15, -0.1) is 0 Å². The van der Waals surface area contributed by atoms with E-state index in [2.05, 4.69) is 14.7 Å². The zero-order valence-electron chi connectivity index (χ0n) is 8.49. The second-order valence-electron chi connectivity index (χ2n) is 3.74. The smallest absolute Gasteiger partial charge is 0.293 e. The Morgan fingerprint density at radius 3 is 2.93 bits per heavy atom. The molecule has 5 heteroatoms. The third-order valence-electron chi connectivity index (χ3n) is 2.46. The molecule has 2 rings (SSSR count). The lowest BCUT2D eigenvalue weighted by molar-refractivity contribution is 0.0654. The summed E-state index contributed by atoms with van der Waals surface area (Å²) < 4.78 is 9.74. The van der Waals surface area contributed by atoms with Crippen LogP contribution < -0.4 is 10.1 Å². The molecule has 1 heterocycles. The van der Waals surface area contributed by atoms with Crippen LogP contribution in [0.25, 0.3) is 0 Å². The molecule has 1 fully saturated rings. The van der Waals surface area contributed by atoms with Crippen molar-refractivity contribution in [2.45, 2.75) is 25.9 Å². The number of aromatic nitrogens is 2. The Morgan fingerprint density at radius 1 is 1.57 bits per heavy atom. The minimum atomic E-state index is 0.362. The summed E-state index contributed by atoms with van der Waals surface area (Å²) in [6.07, 6.45) is 2.64. The molecular formula is C9H15N3OS. The van der Waals surface area contributed by atoms with Crippen molar-refractivity contribution in [1.29, 1.82) is 0 Å². The van der Waals surface area contributed by atoms with Gasteiger partial charge in [0.2, 0.25) is 0 Å². The molecule has 0 radical (unpaired) electrons. The SMILES string of the molecule is CNCC1CC(Oc2nc(C)ns2)C1. The van der Waals surface area contributed by atoms with Crippen molar-refractivity contribution in [2.24, 2.45) is 5.92 Å². The number of aryl methyl sites for hydroxylation is 1. The van der Waals surface area contributed by atoms with Gasteiger partial charge in [-0.25, -0.2) is 0 Å². The molecule has 0 atom stereocenters. The average molecular weight is 213 g/mol. The predicted molar refractivity (Wildman–Crippen MR) is 55.7 cm³/mol. The lowest BCUT2D eigenvalue weighted by Crippen LogP contribution is -2.38. The van der Waals surface area contributed by atoms with E-state index in [4.69, 9.17) is 4.74 Å². The van der Waals surface area contributed by atoms with E-state index in [1.165, 1.54) is 11.5 Å². The van der Waals surface area contributed by atoms with Gasteiger partial charge in [0.05, 0.1) is 0 Å². The summed E-state index contributed by atoms with van der Waals surface area (Å²) in [6.45, 7) is 2.98. The van der Waals surface area contributed by atoms with Crippen LogP contribution in [0.5, 0.6) is 5.19 Å². The van der Waals surface area contributed by atoms with E-state index in [0.29, 0.717) is 6.10 Å². The molecule has 14 heavy (non-hydrogen) atoms. The largest absolute Gasteiger partial charge is 0.466 e. The molecule has 1 aliphatic rings. The van der Waals surface area contributed by atoms with Crippen LogP contribution in [-0.4, -0.2) is 29.1 Å². The molecule has 78 valence electrons. The molecule has 1 saturated carbocycles. The zero-order chi connectivity index (χ0) is 9.97. The van der Waals surface area contributed by atoms with Gasteiger partial charge in [0.1, 0.15) is 11.9 Å². The van der Waals surface area contributed by atoms with Crippen molar-refractivity contribution in [3.8, 4) is 5.19 Å². The van der Waals surface area contributed by atoms with E-state index in [9.17, 15) is 0 Å². The molecule has 0 aliphatic heterocycles. The highest BCUT2D eigenvalue weighted by Gasteiger charge is 2.30. The van der Waals surface area contributed by atoms with Crippen molar-refractivity contribution in [1.82, 2.24) is 14.7 Å². The van der Waals surface area contributed by atoms with E-state index in [1.807, 2.05) is 14.0 Å². The van der Waals surface area contributed by atoms with Gasteiger partial charge in [0.25, 0.3) is 5.19 Å². The second kappa shape index (κ2) is 4.23. The zero-order valence-corrected chi connectivity index (χ0v) is 9.30. The Hall–Kier alpha value is -0.680. The van der Waals surface area contributed by atoms with E-state index < -0.39 is 0 Å². The van der Waals surface area contributed by atoms with Crippen molar-refractivity contribution < 1.29 is 4.74 Å². The van der Waals surface area contributed by atoms with Crippen molar-refractivity contribution >= 4 is 11.5 Å². The lowest BCUT2D eigenvalue weighted by atomic mass is 9.82. The van der Waals surface area contributed by atoms with Crippen LogP contribution in [0.1, 0.15) is 18.7 Å². The quantitative estimate of drug-likeness (QED) is 0.817. The molecule has 0 unspecified atom stereocenters. The highest BCUT2D eigenvalue weighted by atomic mass is 32.1. The molecule has 0 amide bonds. The summed E-state index contributed by atoms with van der Waals surface area (Å²) in [6, 6.07) is 0. The van der Waals surface area contributed by atoms with Crippen molar-refractivity contribution in [3.05, 3.63) is 5.82 Å². The Bertz CT molecular complexity index is 296. The van der Waals surface area contributed by atoms with Crippen LogP contribution in [0.3, 0.4) is 0 Å². The third kappa shape index (κ3) is 2.22. The van der Waals surface area contributed by atoms with Crippen molar-refractivity contribution in [3.63, 3.8) is 0 Å². The molecule has 0 spiro atoms. The van der Waals surface area contributed by atoms with Crippen LogP contribution in [0, 0.1) is 12.8 Å². The Morgan fingerprint density at radius 2 is 2.36 bits per heavy atom. The number of hydrogen-bond acceptors (Lipinski definition) is 5. The van der Waals surface area contributed by atoms with Gasteiger partial charge >= 0.3 is 0 Å². The van der Waals surface area contributed by atoms with Crippen molar-refractivity contribution in [2.75, 3.05) is 13.6 Å². The van der Waals surface area contributed by atoms with Gasteiger partial charge in [-0.3, -0.25) is 0 Å². The molecule has 1 aromatic heterocycles. The first-order valence-corrected chi connectivity index (χ1v) is 5.67. The van der Waals surface area contributed by atoms with E-state index >= 15 is 0 Å². The van der Waals surface area contributed by atoms with E-state index in [0.717, 1.165) is 36.3 Å². The van der Waals surface area contributed by atoms with Crippen LogP contribution in [0.15, 0.2) is 0 Å². The predicted octanol–water partition coefficient (Wildman–Crippen LogP) is 1.22. The first kappa shape index (κ1) is 9.86. The first-order chi connectivity index (χ1) is 6.78. The number of nitrogens with one attached hydrogen (secondary N) is 1. The highest BCUT2D eigenvalue weighted by molar-refractivity contribution is 7.07. The fourth-order valence-corrected chi connectivity index (χ4v) is 2.30. The van der Waals surface area contributed by atoms with Crippen LogP contribution in [0.2, 0.25) is 0 Å². The molecule has 1 aliphatic carbocycles. The summed E-state index contributed by atoms with van der Waals surface area (Å²) in [5.74, 6) is 1.58. The Kier molecular flexibility index (Phi) is 2.98. The maximum Gasteiger partial charge on any atom is 0.293 e. The fourth-order valence-electron chi connectivity index (χ4n) is 1.69. The lowest BCUT2D eigenvalue weighted by Gasteiger charge is -2.34. The monoisotopic (exact) mass is 213 g/mol. The van der Waals surface area contributed by atoms with Gasteiger partial charge < -0.3 is 10.1 Å². The van der Waals surface area contributed by atoms with E-state index in [1.54, 1.807) is 0 Å². The van der Waals surface area contributed by atoms with Crippen LogP contribution in [0.4, 0.5) is 0 Å². The fraction of sp³-hybridized carbons (Fsp3) is 0.778. The normalized spacial score (nSPS) is 25.9. The van der Waals surface area contributed by atoms with E-state index in [-0.39, 0.29) is 0 Å². The standard InChI is InChI=1S/C9H15N3OS/c1-6-11-9(14-12-6)13-8-3-7(4-8)5-10-2/h7-8,10H,3-5H2,1-2H3. The first-order valence-electron chi connectivity index (χ1n) is 4.89. The minimum absolute atomic E-state index is 0.362. The molecular weight excluding hydrogens is 198 g/mol. The molecule has 0 aromatic carbocycles. The second-order valence-corrected chi connectivity index (χ2v) is 4.46. The number of nitrogens with zero attached hydrogens (tertiary/aromatic N) is 2. The third-order valence-corrected chi connectivity index (χ3v) is 3.16. The molecule has 4 nitrogen and oxygen atoms in total. The molecule has 0 saturated heterocycles. The number of rotatable bonds is 4. The Balaban J connectivity index is 1.74. The summed E-state index contributed by atoms with van der Waals surface area (Å²) in [4.78, 5) is 4.17. The van der Waals surface area contributed by atoms with Crippen LogP contribution >= 0.6 is 11.5 Å². The van der Waals surface area contributed by atoms with Gasteiger partial charge in [0.15, 0.2) is 0 Å². The van der Waals surface area contributed by atoms with Crippen LogP contribution in [-0.2, 0) is 0 Å². The number of ether oxygens (including phenoxy) is 1. The summed E-state index contributed by atoms with van der Waals surface area (Å²) in [5, 5.41) is 3.90. The maximum atomic E-state index is 5.66. The number of hydrogen-bond donors (Lipinski definition) is 1. The molecule has 1 N–H and O–H groups in total. The maximum absolute atomic E-state index is 5.66. The average Bonchev–Trinajstić information content (AvgIpc) is 2.48. The summed E-state index contributed by atoms with van der Waals surface area (Å²) in [7, 11) is 1.99. The van der Waals surface area contributed by atoms with Gasteiger partial charge in [-0.2, -0.15) is 9.36 Å². The molecule has 0 bridgehead atoms. The summed E-state index contributed by atoms with van der Waals surface area (Å²) in [5.41, 5.74) is 0. The minimum Gasteiger partial charge on any atom is -0.466 e. The summed E-state index contributed by atoms with van der Waals surface area (Å²) >= 11 is 1.34. The van der Waals surface area contributed by atoms with Gasteiger partial charge in [0, 0.05) is 11.5 Å². The Labute approximate surface area is 87.9 Å². The molecule has 1 aromatic rings.